The van der Waals surface area contributed by atoms with E-state index in [1.54, 1.807) is 0 Å². The highest BCUT2D eigenvalue weighted by Crippen LogP contribution is 2.06. The Balaban J connectivity index is 3.60. The van der Waals surface area contributed by atoms with Crippen molar-refractivity contribution in [3.63, 3.8) is 0 Å². The summed E-state index contributed by atoms with van der Waals surface area (Å²) in [7, 11) is 0. The number of ether oxygens (including phenoxy) is 1. The van der Waals surface area contributed by atoms with Crippen LogP contribution in [0.15, 0.2) is 12.2 Å². The summed E-state index contributed by atoms with van der Waals surface area (Å²) in [5.74, 6) is 0. The van der Waals surface area contributed by atoms with Gasteiger partial charge in [0.25, 0.3) is 0 Å². The quantitative estimate of drug-likeness (QED) is 0.674. The van der Waals surface area contributed by atoms with Crippen LogP contribution in [0.3, 0.4) is 0 Å². The second-order valence-corrected chi connectivity index (χ2v) is 4.13. The van der Waals surface area contributed by atoms with E-state index < -0.39 is 11.7 Å². The highest BCUT2D eigenvalue weighted by atomic mass is 16.6. The SMILES string of the molecule is C=C(CN)CCNC(=O)OC(C)(C)C. The van der Waals surface area contributed by atoms with Gasteiger partial charge in [-0.3, -0.25) is 0 Å². The smallest absolute Gasteiger partial charge is 0.407 e. The average Bonchev–Trinajstić information content (AvgIpc) is 2.00. The number of hydrogen-bond donors (Lipinski definition) is 2. The first-order valence-corrected chi connectivity index (χ1v) is 4.68. The number of nitrogens with two attached hydrogens (primary N) is 1. The molecule has 0 fully saturated rings. The van der Waals surface area contributed by atoms with Gasteiger partial charge in [-0.05, 0) is 27.2 Å². The van der Waals surface area contributed by atoms with E-state index in [9.17, 15) is 4.79 Å². The van der Waals surface area contributed by atoms with Crippen LogP contribution in [0.4, 0.5) is 4.79 Å². The first kappa shape index (κ1) is 13.0. The van der Waals surface area contributed by atoms with Crippen LogP contribution in [0, 0.1) is 0 Å². The van der Waals surface area contributed by atoms with Crippen molar-refractivity contribution >= 4 is 6.09 Å². The minimum atomic E-state index is -0.449. The number of hydrogen-bond acceptors (Lipinski definition) is 3. The zero-order valence-corrected chi connectivity index (χ0v) is 9.22. The fourth-order valence-corrected chi connectivity index (χ4v) is 0.758. The molecule has 0 aliphatic heterocycles. The molecular formula is C10H20N2O2. The Labute approximate surface area is 85.5 Å². The molecule has 3 N–H and O–H groups in total. The van der Waals surface area contributed by atoms with Gasteiger partial charge in [-0.15, -0.1) is 0 Å². The van der Waals surface area contributed by atoms with Crippen LogP contribution in [0.2, 0.25) is 0 Å². The maximum atomic E-state index is 11.1. The predicted molar refractivity (Wildman–Crippen MR) is 57.0 cm³/mol. The van der Waals surface area contributed by atoms with Gasteiger partial charge in [-0.1, -0.05) is 12.2 Å². The summed E-state index contributed by atoms with van der Waals surface area (Å²) in [5.41, 5.74) is 5.82. The lowest BCUT2D eigenvalue weighted by Gasteiger charge is -2.19. The molecule has 0 radical (unpaired) electrons. The third-order valence-corrected chi connectivity index (χ3v) is 1.44. The van der Waals surface area contributed by atoms with E-state index in [-0.39, 0.29) is 0 Å². The molecule has 0 spiro atoms. The molecule has 4 nitrogen and oxygen atoms in total. The van der Waals surface area contributed by atoms with Crippen LogP contribution < -0.4 is 11.1 Å². The van der Waals surface area contributed by atoms with Gasteiger partial charge in [-0.25, -0.2) is 4.79 Å². The standard InChI is InChI=1S/C10H20N2O2/c1-8(7-11)5-6-12-9(13)14-10(2,3)4/h1,5-7,11H2,2-4H3,(H,12,13). The Kier molecular flexibility index (Phi) is 5.23. The summed E-state index contributed by atoms with van der Waals surface area (Å²) in [5, 5.41) is 2.63. The van der Waals surface area contributed by atoms with Crippen LogP contribution in [-0.2, 0) is 4.74 Å². The van der Waals surface area contributed by atoms with Crippen molar-refractivity contribution in [2.24, 2.45) is 5.73 Å². The van der Waals surface area contributed by atoms with Crippen molar-refractivity contribution in [3.8, 4) is 0 Å². The maximum absolute atomic E-state index is 11.1. The van der Waals surface area contributed by atoms with E-state index in [0.717, 1.165) is 5.57 Å². The van der Waals surface area contributed by atoms with E-state index in [4.69, 9.17) is 10.5 Å². The molecular weight excluding hydrogens is 180 g/mol. The summed E-state index contributed by atoms with van der Waals surface area (Å²) >= 11 is 0. The normalized spacial score (nSPS) is 10.9. The van der Waals surface area contributed by atoms with Gasteiger partial charge in [0.05, 0.1) is 0 Å². The van der Waals surface area contributed by atoms with Gasteiger partial charge in [0.2, 0.25) is 0 Å². The number of rotatable bonds is 4. The highest BCUT2D eigenvalue weighted by Gasteiger charge is 2.15. The molecule has 0 saturated heterocycles. The van der Waals surface area contributed by atoms with Gasteiger partial charge in [-0.2, -0.15) is 0 Å². The van der Waals surface area contributed by atoms with Gasteiger partial charge in [0.1, 0.15) is 5.60 Å². The molecule has 0 aromatic heterocycles. The molecule has 82 valence electrons. The summed E-state index contributed by atoms with van der Waals surface area (Å²) in [6, 6.07) is 0. The van der Waals surface area contributed by atoms with Crippen molar-refractivity contribution in [1.82, 2.24) is 5.32 Å². The van der Waals surface area contributed by atoms with E-state index in [1.807, 2.05) is 20.8 Å². The number of amides is 1. The molecule has 0 aromatic carbocycles. The zero-order chi connectivity index (χ0) is 11.2. The topological polar surface area (TPSA) is 64.3 Å². The lowest BCUT2D eigenvalue weighted by atomic mass is 10.2. The number of carbonyl (C=O) groups is 1. The Morgan fingerprint density at radius 2 is 2.07 bits per heavy atom. The van der Waals surface area contributed by atoms with Gasteiger partial charge in [0, 0.05) is 13.1 Å². The van der Waals surface area contributed by atoms with Crippen molar-refractivity contribution in [1.29, 1.82) is 0 Å². The minimum Gasteiger partial charge on any atom is -0.444 e. The second kappa shape index (κ2) is 5.65. The van der Waals surface area contributed by atoms with Gasteiger partial charge < -0.3 is 15.8 Å². The molecule has 0 aliphatic carbocycles. The van der Waals surface area contributed by atoms with E-state index in [1.165, 1.54) is 0 Å². The highest BCUT2D eigenvalue weighted by molar-refractivity contribution is 5.67. The molecule has 1 amide bonds. The lowest BCUT2D eigenvalue weighted by Crippen LogP contribution is -2.33. The monoisotopic (exact) mass is 200 g/mol. The molecule has 0 heterocycles. The van der Waals surface area contributed by atoms with Crippen LogP contribution in [0.25, 0.3) is 0 Å². The van der Waals surface area contributed by atoms with Crippen LogP contribution in [0.1, 0.15) is 27.2 Å². The zero-order valence-electron chi connectivity index (χ0n) is 9.22. The van der Waals surface area contributed by atoms with Crippen molar-refractivity contribution in [3.05, 3.63) is 12.2 Å². The number of carbonyl (C=O) groups excluding carboxylic acids is 1. The predicted octanol–water partition coefficient (Wildman–Crippen LogP) is 1.42. The molecule has 0 unspecified atom stereocenters. The Hall–Kier alpha value is -1.03. The molecule has 0 atom stereocenters. The summed E-state index contributed by atoms with van der Waals surface area (Å²) in [6.45, 7) is 10.2. The third-order valence-electron chi connectivity index (χ3n) is 1.44. The fourth-order valence-electron chi connectivity index (χ4n) is 0.758. The summed E-state index contributed by atoms with van der Waals surface area (Å²) in [4.78, 5) is 11.1. The van der Waals surface area contributed by atoms with Crippen molar-refractivity contribution in [2.75, 3.05) is 13.1 Å². The van der Waals surface area contributed by atoms with E-state index in [0.29, 0.717) is 19.5 Å². The summed E-state index contributed by atoms with van der Waals surface area (Å²) < 4.78 is 5.04. The summed E-state index contributed by atoms with van der Waals surface area (Å²) in [6.07, 6.45) is 0.290. The molecule has 0 bridgehead atoms. The number of nitrogens with one attached hydrogen (secondary N) is 1. The van der Waals surface area contributed by atoms with Gasteiger partial charge in [0.15, 0.2) is 0 Å². The van der Waals surface area contributed by atoms with Crippen molar-refractivity contribution in [2.45, 2.75) is 32.8 Å². The fraction of sp³-hybridized carbons (Fsp3) is 0.700. The van der Waals surface area contributed by atoms with Crippen LogP contribution in [0.5, 0.6) is 0 Å². The molecule has 0 rings (SSSR count). The molecule has 14 heavy (non-hydrogen) atoms. The Morgan fingerprint density at radius 3 is 2.50 bits per heavy atom. The first-order chi connectivity index (χ1) is 6.35. The average molecular weight is 200 g/mol. The largest absolute Gasteiger partial charge is 0.444 e. The van der Waals surface area contributed by atoms with E-state index in [2.05, 4.69) is 11.9 Å². The molecule has 0 aliphatic rings. The molecule has 4 heteroatoms. The van der Waals surface area contributed by atoms with Crippen LogP contribution in [-0.4, -0.2) is 24.8 Å². The first-order valence-electron chi connectivity index (χ1n) is 4.68. The maximum Gasteiger partial charge on any atom is 0.407 e. The minimum absolute atomic E-state index is 0.401. The Morgan fingerprint density at radius 1 is 1.50 bits per heavy atom. The van der Waals surface area contributed by atoms with E-state index >= 15 is 0 Å². The second-order valence-electron chi connectivity index (χ2n) is 4.13. The Bertz CT molecular complexity index is 207. The van der Waals surface area contributed by atoms with Gasteiger partial charge >= 0.3 is 6.09 Å². The van der Waals surface area contributed by atoms with Crippen molar-refractivity contribution < 1.29 is 9.53 Å². The lowest BCUT2D eigenvalue weighted by molar-refractivity contribution is 0.0528. The molecule has 0 aromatic rings. The third kappa shape index (κ3) is 7.61. The van der Waals surface area contributed by atoms with Crippen LogP contribution >= 0.6 is 0 Å². The molecule has 0 saturated carbocycles. The number of alkyl carbamates (subject to hydrolysis) is 1.